The van der Waals surface area contributed by atoms with E-state index in [9.17, 15) is 4.79 Å². The van der Waals surface area contributed by atoms with Crippen LogP contribution in [0.25, 0.3) is 0 Å². The van der Waals surface area contributed by atoms with Gasteiger partial charge in [-0.3, -0.25) is 4.79 Å². The summed E-state index contributed by atoms with van der Waals surface area (Å²) in [4.78, 5) is 12.2. The summed E-state index contributed by atoms with van der Waals surface area (Å²) in [5.41, 5.74) is 1.99. The minimum Gasteiger partial charge on any atom is -0.496 e. The smallest absolute Gasteiger partial charge is 0.276 e. The molecular formula is C20H19ClN4O2. The van der Waals surface area contributed by atoms with Gasteiger partial charge in [0.15, 0.2) is 5.69 Å². The lowest BCUT2D eigenvalue weighted by atomic mass is 10.1. The third kappa shape index (κ3) is 5.18. The van der Waals surface area contributed by atoms with Crippen molar-refractivity contribution in [3.8, 4) is 5.75 Å². The van der Waals surface area contributed by atoms with Crippen molar-refractivity contribution in [3.05, 3.63) is 76.9 Å². The summed E-state index contributed by atoms with van der Waals surface area (Å²) in [5.74, 6) is 1.14. The molecule has 0 aliphatic carbocycles. The highest BCUT2D eigenvalue weighted by molar-refractivity contribution is 6.30. The minimum atomic E-state index is -0.328. The van der Waals surface area contributed by atoms with Crippen LogP contribution in [0.3, 0.4) is 0 Å². The van der Waals surface area contributed by atoms with Crippen LogP contribution in [0, 0.1) is 0 Å². The molecule has 0 radical (unpaired) electrons. The predicted octanol–water partition coefficient (Wildman–Crippen LogP) is 4.05. The molecule has 1 aromatic heterocycles. The van der Waals surface area contributed by atoms with Crippen molar-refractivity contribution in [1.29, 1.82) is 0 Å². The number of ether oxygens (including phenoxy) is 1. The van der Waals surface area contributed by atoms with E-state index < -0.39 is 0 Å². The van der Waals surface area contributed by atoms with Crippen LogP contribution in [0.1, 0.15) is 16.1 Å². The van der Waals surface area contributed by atoms with Gasteiger partial charge in [0.2, 0.25) is 0 Å². The van der Waals surface area contributed by atoms with Gasteiger partial charge in [-0.05, 0) is 54.4 Å². The number of nitrogens with zero attached hydrogens (tertiary/aromatic N) is 2. The molecule has 2 aromatic carbocycles. The number of carbonyl (C=O) groups excluding carboxylic acids is 1. The molecule has 0 unspecified atom stereocenters. The standard InChI is InChI=1S/C20H19ClN4O2/c1-27-18-5-3-2-4-14(18)12-13-22-19-11-10-17(24-25-19)20(26)23-16-8-6-15(21)7-9-16/h2-11H,12-13H2,1H3,(H,22,25)(H,23,26). The molecule has 6 nitrogen and oxygen atoms in total. The molecule has 27 heavy (non-hydrogen) atoms. The molecule has 0 spiro atoms. The van der Waals surface area contributed by atoms with E-state index in [4.69, 9.17) is 16.3 Å². The third-order valence-electron chi connectivity index (χ3n) is 3.89. The summed E-state index contributed by atoms with van der Waals surface area (Å²) >= 11 is 5.83. The Labute approximate surface area is 162 Å². The molecule has 0 aliphatic heterocycles. The number of hydrogen-bond donors (Lipinski definition) is 2. The monoisotopic (exact) mass is 382 g/mol. The molecular weight excluding hydrogens is 364 g/mol. The summed E-state index contributed by atoms with van der Waals surface area (Å²) < 4.78 is 5.34. The first-order valence-electron chi connectivity index (χ1n) is 8.42. The summed E-state index contributed by atoms with van der Waals surface area (Å²) in [6.45, 7) is 0.672. The third-order valence-corrected chi connectivity index (χ3v) is 4.14. The van der Waals surface area contributed by atoms with Crippen LogP contribution in [0.2, 0.25) is 5.02 Å². The fraction of sp³-hybridized carbons (Fsp3) is 0.150. The maximum Gasteiger partial charge on any atom is 0.276 e. The number of carbonyl (C=O) groups is 1. The van der Waals surface area contributed by atoms with Crippen LogP contribution >= 0.6 is 11.6 Å². The van der Waals surface area contributed by atoms with Crippen LogP contribution in [-0.2, 0) is 6.42 Å². The number of methoxy groups -OCH3 is 1. The summed E-state index contributed by atoms with van der Waals surface area (Å²) in [7, 11) is 1.66. The highest BCUT2D eigenvalue weighted by atomic mass is 35.5. The van der Waals surface area contributed by atoms with Gasteiger partial charge in [0.25, 0.3) is 5.91 Å². The van der Waals surface area contributed by atoms with Gasteiger partial charge in [0.1, 0.15) is 11.6 Å². The number of rotatable bonds is 7. The average molecular weight is 383 g/mol. The van der Waals surface area contributed by atoms with Gasteiger partial charge in [0, 0.05) is 17.3 Å². The lowest BCUT2D eigenvalue weighted by molar-refractivity contribution is 0.102. The molecule has 1 heterocycles. The molecule has 0 saturated heterocycles. The minimum absolute atomic E-state index is 0.236. The number of nitrogens with one attached hydrogen (secondary N) is 2. The van der Waals surface area contributed by atoms with Gasteiger partial charge < -0.3 is 15.4 Å². The van der Waals surface area contributed by atoms with Gasteiger partial charge in [0.05, 0.1) is 7.11 Å². The Balaban J connectivity index is 1.53. The lowest BCUT2D eigenvalue weighted by Crippen LogP contribution is -2.15. The first-order chi connectivity index (χ1) is 13.2. The Hall–Kier alpha value is -3.12. The highest BCUT2D eigenvalue weighted by Gasteiger charge is 2.09. The Morgan fingerprint density at radius 1 is 1.04 bits per heavy atom. The van der Waals surface area contributed by atoms with Gasteiger partial charge in [-0.25, -0.2) is 0 Å². The van der Waals surface area contributed by atoms with Gasteiger partial charge >= 0.3 is 0 Å². The van der Waals surface area contributed by atoms with Crippen LogP contribution in [0.15, 0.2) is 60.7 Å². The first kappa shape index (κ1) is 18.7. The molecule has 1 amide bonds. The van der Waals surface area contributed by atoms with Crippen molar-refractivity contribution in [2.75, 3.05) is 24.3 Å². The molecule has 2 N–H and O–H groups in total. The summed E-state index contributed by atoms with van der Waals surface area (Å²) in [5, 5.41) is 14.6. The van der Waals surface area contributed by atoms with E-state index in [0.717, 1.165) is 17.7 Å². The summed E-state index contributed by atoms with van der Waals surface area (Å²) in [6.07, 6.45) is 0.782. The molecule has 0 bridgehead atoms. The number of benzene rings is 2. The molecule has 0 fully saturated rings. The van der Waals surface area contributed by atoms with E-state index in [2.05, 4.69) is 20.8 Å². The van der Waals surface area contributed by atoms with Gasteiger partial charge in [-0.2, -0.15) is 0 Å². The lowest BCUT2D eigenvalue weighted by Gasteiger charge is -2.09. The van der Waals surface area contributed by atoms with E-state index in [1.807, 2.05) is 24.3 Å². The number of halogens is 1. The highest BCUT2D eigenvalue weighted by Crippen LogP contribution is 2.18. The number of anilines is 2. The Morgan fingerprint density at radius 2 is 1.81 bits per heavy atom. The Kier molecular flexibility index (Phi) is 6.22. The van der Waals surface area contributed by atoms with Gasteiger partial charge in [-0.1, -0.05) is 29.8 Å². The topological polar surface area (TPSA) is 76.1 Å². The van der Waals surface area contributed by atoms with E-state index in [0.29, 0.717) is 23.1 Å². The quantitative estimate of drug-likeness (QED) is 0.644. The normalized spacial score (nSPS) is 10.3. The van der Waals surface area contributed by atoms with Crippen LogP contribution in [0.4, 0.5) is 11.5 Å². The molecule has 0 aliphatic rings. The predicted molar refractivity (Wildman–Crippen MR) is 107 cm³/mol. The van der Waals surface area contributed by atoms with Crippen molar-refractivity contribution in [2.24, 2.45) is 0 Å². The van der Waals surface area contributed by atoms with Crippen molar-refractivity contribution in [2.45, 2.75) is 6.42 Å². The van der Waals surface area contributed by atoms with E-state index in [1.54, 1.807) is 43.5 Å². The molecule has 0 saturated carbocycles. The first-order valence-corrected chi connectivity index (χ1v) is 8.80. The number of aromatic nitrogens is 2. The van der Waals surface area contributed by atoms with E-state index >= 15 is 0 Å². The maximum atomic E-state index is 12.2. The number of amides is 1. The number of hydrogen-bond acceptors (Lipinski definition) is 5. The second kappa shape index (κ2) is 9.00. The van der Waals surface area contributed by atoms with Crippen molar-refractivity contribution in [3.63, 3.8) is 0 Å². The SMILES string of the molecule is COc1ccccc1CCNc1ccc(C(=O)Nc2ccc(Cl)cc2)nn1. The van der Waals surface area contributed by atoms with Crippen LogP contribution in [0.5, 0.6) is 5.75 Å². The van der Waals surface area contributed by atoms with Crippen molar-refractivity contribution >= 4 is 29.0 Å². The average Bonchev–Trinajstić information content (AvgIpc) is 2.70. The van der Waals surface area contributed by atoms with Gasteiger partial charge in [-0.15, -0.1) is 10.2 Å². The largest absolute Gasteiger partial charge is 0.496 e. The molecule has 0 atom stereocenters. The zero-order valence-electron chi connectivity index (χ0n) is 14.8. The Bertz CT molecular complexity index is 899. The maximum absolute atomic E-state index is 12.2. The Morgan fingerprint density at radius 3 is 2.52 bits per heavy atom. The molecule has 7 heteroatoms. The summed E-state index contributed by atoms with van der Waals surface area (Å²) in [6, 6.07) is 18.1. The van der Waals surface area contributed by atoms with Crippen molar-refractivity contribution in [1.82, 2.24) is 10.2 Å². The van der Waals surface area contributed by atoms with Crippen LogP contribution in [-0.4, -0.2) is 29.8 Å². The zero-order chi connectivity index (χ0) is 19.1. The fourth-order valence-electron chi connectivity index (χ4n) is 2.51. The molecule has 3 aromatic rings. The number of para-hydroxylation sites is 1. The van der Waals surface area contributed by atoms with E-state index in [-0.39, 0.29) is 11.6 Å². The van der Waals surface area contributed by atoms with E-state index in [1.165, 1.54) is 0 Å². The van der Waals surface area contributed by atoms with Crippen molar-refractivity contribution < 1.29 is 9.53 Å². The molecule has 3 rings (SSSR count). The zero-order valence-corrected chi connectivity index (χ0v) is 15.5. The fourth-order valence-corrected chi connectivity index (χ4v) is 2.64. The second-order valence-electron chi connectivity index (χ2n) is 5.75. The second-order valence-corrected chi connectivity index (χ2v) is 6.19. The van der Waals surface area contributed by atoms with Crippen LogP contribution < -0.4 is 15.4 Å². The molecule has 138 valence electrons.